The second-order valence-electron chi connectivity index (χ2n) is 4.82. The van der Waals surface area contributed by atoms with Crippen LogP contribution in [0.15, 0.2) is 23.4 Å². The summed E-state index contributed by atoms with van der Waals surface area (Å²) in [6.07, 6.45) is 5.67. The van der Waals surface area contributed by atoms with Gasteiger partial charge in [0.2, 0.25) is 5.03 Å². The molecule has 1 fully saturated rings. The summed E-state index contributed by atoms with van der Waals surface area (Å²) in [5.74, 6) is -0.850. The molecular formula is C12H18FN3O2S. The molecule has 1 aromatic rings. The summed E-state index contributed by atoms with van der Waals surface area (Å²) in [4.78, 5) is 3.60. The predicted molar refractivity (Wildman–Crippen MR) is 69.4 cm³/mol. The van der Waals surface area contributed by atoms with Gasteiger partial charge in [-0.2, -0.15) is 0 Å². The minimum atomic E-state index is -3.96. The van der Waals surface area contributed by atoms with Crippen LogP contribution < -0.4 is 10.5 Å². The first-order chi connectivity index (χ1) is 9.00. The van der Waals surface area contributed by atoms with Gasteiger partial charge in [-0.15, -0.1) is 0 Å². The van der Waals surface area contributed by atoms with Crippen LogP contribution in [0.3, 0.4) is 0 Å². The van der Waals surface area contributed by atoms with Crippen molar-refractivity contribution in [1.29, 1.82) is 0 Å². The lowest BCUT2D eigenvalue weighted by atomic mass is 10.1. The molecule has 1 saturated carbocycles. The highest BCUT2D eigenvalue weighted by Gasteiger charge is 2.28. The van der Waals surface area contributed by atoms with Gasteiger partial charge >= 0.3 is 0 Å². The van der Waals surface area contributed by atoms with Crippen LogP contribution in [0.2, 0.25) is 0 Å². The van der Waals surface area contributed by atoms with E-state index < -0.39 is 20.9 Å². The number of hydrogen-bond acceptors (Lipinski definition) is 4. The van der Waals surface area contributed by atoms with Gasteiger partial charge in [0.05, 0.1) is 0 Å². The minimum Gasteiger partial charge on any atom is -0.326 e. The van der Waals surface area contributed by atoms with Crippen molar-refractivity contribution >= 4 is 10.0 Å². The minimum absolute atomic E-state index is 0.232. The van der Waals surface area contributed by atoms with E-state index in [1.807, 2.05) is 0 Å². The molecule has 7 heteroatoms. The van der Waals surface area contributed by atoms with Crippen LogP contribution in [0.1, 0.15) is 32.1 Å². The van der Waals surface area contributed by atoms with E-state index in [1.165, 1.54) is 12.3 Å². The zero-order chi connectivity index (χ0) is 13.9. The molecule has 5 nitrogen and oxygen atoms in total. The SMILES string of the molecule is NC1CCCCCC1NS(=O)(=O)c1ncccc1F. The Morgan fingerprint density at radius 3 is 2.79 bits per heavy atom. The highest BCUT2D eigenvalue weighted by Crippen LogP contribution is 2.19. The molecular weight excluding hydrogens is 269 g/mol. The Hall–Kier alpha value is -1.05. The largest absolute Gasteiger partial charge is 0.326 e. The maximum absolute atomic E-state index is 13.5. The van der Waals surface area contributed by atoms with Crippen molar-refractivity contribution in [2.24, 2.45) is 5.73 Å². The molecule has 1 heterocycles. The molecule has 1 aromatic heterocycles. The fourth-order valence-electron chi connectivity index (χ4n) is 2.31. The number of halogens is 1. The van der Waals surface area contributed by atoms with E-state index in [0.717, 1.165) is 31.7 Å². The third-order valence-corrected chi connectivity index (χ3v) is 4.78. The Morgan fingerprint density at radius 1 is 1.32 bits per heavy atom. The van der Waals surface area contributed by atoms with Crippen molar-refractivity contribution < 1.29 is 12.8 Å². The van der Waals surface area contributed by atoms with E-state index in [0.29, 0.717) is 6.42 Å². The molecule has 2 unspecified atom stereocenters. The Kier molecular flexibility index (Phi) is 4.49. The molecule has 0 amide bonds. The topological polar surface area (TPSA) is 85.1 Å². The fourth-order valence-corrected chi connectivity index (χ4v) is 3.63. The van der Waals surface area contributed by atoms with E-state index in [4.69, 9.17) is 5.73 Å². The molecule has 2 rings (SSSR count). The molecule has 19 heavy (non-hydrogen) atoms. The predicted octanol–water partition coefficient (Wildman–Crippen LogP) is 1.16. The van der Waals surface area contributed by atoms with Gasteiger partial charge in [-0.3, -0.25) is 0 Å². The first-order valence-corrected chi connectivity index (χ1v) is 7.87. The van der Waals surface area contributed by atoms with E-state index in [2.05, 4.69) is 9.71 Å². The smallest absolute Gasteiger partial charge is 0.261 e. The van der Waals surface area contributed by atoms with E-state index in [9.17, 15) is 12.8 Å². The second-order valence-corrected chi connectivity index (χ2v) is 6.45. The van der Waals surface area contributed by atoms with Crippen LogP contribution in [-0.4, -0.2) is 25.5 Å². The molecule has 3 N–H and O–H groups in total. The molecule has 0 spiro atoms. The molecule has 1 aliphatic rings. The van der Waals surface area contributed by atoms with Crippen molar-refractivity contribution in [3.8, 4) is 0 Å². The Balaban J connectivity index is 2.19. The number of sulfonamides is 1. The van der Waals surface area contributed by atoms with Gasteiger partial charge in [-0.1, -0.05) is 19.3 Å². The Bertz CT molecular complexity index is 536. The lowest BCUT2D eigenvalue weighted by molar-refractivity contribution is 0.452. The van der Waals surface area contributed by atoms with Gasteiger partial charge in [-0.25, -0.2) is 22.5 Å². The molecule has 2 atom stereocenters. The van der Waals surface area contributed by atoms with Gasteiger partial charge in [0, 0.05) is 18.3 Å². The summed E-state index contributed by atoms with van der Waals surface area (Å²) in [6.45, 7) is 0. The average molecular weight is 287 g/mol. The monoisotopic (exact) mass is 287 g/mol. The van der Waals surface area contributed by atoms with Crippen LogP contribution in [0.5, 0.6) is 0 Å². The number of rotatable bonds is 3. The summed E-state index contributed by atoms with van der Waals surface area (Å²) in [7, 11) is -3.96. The zero-order valence-corrected chi connectivity index (χ0v) is 11.4. The lowest BCUT2D eigenvalue weighted by Crippen LogP contribution is -2.47. The third kappa shape index (κ3) is 3.49. The molecule has 0 aliphatic heterocycles. The first-order valence-electron chi connectivity index (χ1n) is 6.39. The second kappa shape index (κ2) is 5.94. The number of nitrogens with two attached hydrogens (primary N) is 1. The maximum Gasteiger partial charge on any atom is 0.261 e. The lowest BCUT2D eigenvalue weighted by Gasteiger charge is -2.22. The standard InChI is InChI=1S/C12H18FN3O2S/c13-9-5-4-8-15-12(9)19(17,18)16-11-7-3-1-2-6-10(11)14/h4-5,8,10-11,16H,1-3,6-7,14H2. The Labute approximate surface area is 112 Å². The van der Waals surface area contributed by atoms with Crippen LogP contribution >= 0.6 is 0 Å². The van der Waals surface area contributed by atoms with Crippen molar-refractivity contribution in [3.05, 3.63) is 24.1 Å². The van der Waals surface area contributed by atoms with Gasteiger partial charge in [0.1, 0.15) is 0 Å². The molecule has 0 saturated heterocycles. The van der Waals surface area contributed by atoms with Crippen LogP contribution in [0.4, 0.5) is 4.39 Å². The van der Waals surface area contributed by atoms with Gasteiger partial charge in [-0.05, 0) is 25.0 Å². The summed E-state index contributed by atoms with van der Waals surface area (Å²) < 4.78 is 40.2. The molecule has 1 aliphatic carbocycles. The van der Waals surface area contributed by atoms with E-state index in [1.54, 1.807) is 0 Å². The van der Waals surface area contributed by atoms with Gasteiger partial charge in [0.25, 0.3) is 10.0 Å². The quantitative estimate of drug-likeness (QED) is 0.817. The highest BCUT2D eigenvalue weighted by atomic mass is 32.2. The van der Waals surface area contributed by atoms with Crippen molar-refractivity contribution in [2.75, 3.05) is 0 Å². The van der Waals surface area contributed by atoms with Gasteiger partial charge in [0.15, 0.2) is 5.82 Å². The number of aromatic nitrogens is 1. The average Bonchev–Trinajstić information content (AvgIpc) is 2.55. The molecule has 0 bridgehead atoms. The van der Waals surface area contributed by atoms with Crippen molar-refractivity contribution in [2.45, 2.75) is 49.2 Å². The summed E-state index contributed by atoms with van der Waals surface area (Å²) in [5, 5.41) is -0.563. The maximum atomic E-state index is 13.5. The number of nitrogens with one attached hydrogen (secondary N) is 1. The molecule has 0 aromatic carbocycles. The van der Waals surface area contributed by atoms with Crippen LogP contribution in [-0.2, 0) is 10.0 Å². The Morgan fingerprint density at radius 2 is 2.05 bits per heavy atom. The van der Waals surface area contributed by atoms with Crippen LogP contribution in [0.25, 0.3) is 0 Å². The van der Waals surface area contributed by atoms with E-state index in [-0.39, 0.29) is 12.1 Å². The van der Waals surface area contributed by atoms with Crippen LogP contribution in [0, 0.1) is 5.82 Å². The van der Waals surface area contributed by atoms with Gasteiger partial charge < -0.3 is 5.73 Å². The molecule has 0 radical (unpaired) electrons. The summed E-state index contributed by atoms with van der Waals surface area (Å²) in [5.41, 5.74) is 5.96. The van der Waals surface area contributed by atoms with E-state index >= 15 is 0 Å². The zero-order valence-electron chi connectivity index (χ0n) is 10.5. The fraction of sp³-hybridized carbons (Fsp3) is 0.583. The third-order valence-electron chi connectivity index (χ3n) is 3.36. The number of hydrogen-bond donors (Lipinski definition) is 2. The van der Waals surface area contributed by atoms with Crippen molar-refractivity contribution in [1.82, 2.24) is 9.71 Å². The normalized spacial score (nSPS) is 24.9. The summed E-state index contributed by atoms with van der Waals surface area (Å²) in [6, 6.07) is 1.85. The summed E-state index contributed by atoms with van der Waals surface area (Å²) >= 11 is 0. The first kappa shape index (κ1) is 14.4. The molecule has 106 valence electrons. The van der Waals surface area contributed by atoms with Crippen molar-refractivity contribution in [3.63, 3.8) is 0 Å². The number of pyridine rings is 1. The number of nitrogens with zero attached hydrogens (tertiary/aromatic N) is 1. The highest BCUT2D eigenvalue weighted by molar-refractivity contribution is 7.89.